The molecule has 0 amide bonds. The number of hydrogen-bond acceptors (Lipinski definition) is 4. The summed E-state index contributed by atoms with van der Waals surface area (Å²) in [6, 6.07) is 5.00. The van der Waals surface area contributed by atoms with E-state index in [1.54, 1.807) is 12.1 Å². The van der Waals surface area contributed by atoms with Crippen LogP contribution in [0.4, 0.5) is 11.4 Å². The molecule has 0 radical (unpaired) electrons. The van der Waals surface area contributed by atoms with E-state index >= 15 is 0 Å². The second-order valence-corrected chi connectivity index (χ2v) is 4.99. The number of non-ortho nitro benzene ring substituents is 1. The second kappa shape index (κ2) is 5.35. The van der Waals surface area contributed by atoms with E-state index in [-0.39, 0.29) is 10.6 Å². The zero-order valence-electron chi connectivity index (χ0n) is 10.8. The molecule has 1 aliphatic heterocycles. The third kappa shape index (κ3) is 2.79. The van der Waals surface area contributed by atoms with Crippen LogP contribution in [-0.2, 0) is 11.3 Å². The highest BCUT2D eigenvalue weighted by atomic mass is 16.6. The smallest absolute Gasteiger partial charge is 0.269 e. The van der Waals surface area contributed by atoms with Crippen molar-refractivity contribution < 1.29 is 9.66 Å². The summed E-state index contributed by atoms with van der Waals surface area (Å²) in [5.74, 6) is 0.633. The number of fused-ring (bicyclic) bond motifs is 1. The van der Waals surface area contributed by atoms with E-state index in [0.717, 1.165) is 24.2 Å². The molecular formula is C13H18N2O3. The molecule has 0 bridgehead atoms. The van der Waals surface area contributed by atoms with E-state index in [4.69, 9.17) is 4.74 Å². The van der Waals surface area contributed by atoms with Crippen LogP contribution < -0.4 is 4.90 Å². The van der Waals surface area contributed by atoms with Gasteiger partial charge in [-0.2, -0.15) is 0 Å². The van der Waals surface area contributed by atoms with Crippen molar-refractivity contribution >= 4 is 11.4 Å². The van der Waals surface area contributed by atoms with Gasteiger partial charge in [0.05, 0.1) is 11.5 Å². The predicted octanol–water partition coefficient (Wildman–Crippen LogP) is 2.94. The van der Waals surface area contributed by atoms with Crippen LogP contribution in [0, 0.1) is 16.0 Å². The maximum atomic E-state index is 10.7. The number of nitrogens with zero attached hydrogens (tertiary/aromatic N) is 2. The van der Waals surface area contributed by atoms with Gasteiger partial charge in [0.25, 0.3) is 5.69 Å². The average Bonchev–Trinajstić information content (AvgIpc) is 2.35. The fraction of sp³-hybridized carbons (Fsp3) is 0.538. The lowest BCUT2D eigenvalue weighted by molar-refractivity contribution is -0.384. The SMILES string of the molecule is CC(C)CCN1COCc2cc([N+](=O)[O-])ccc21. The molecule has 0 aromatic heterocycles. The van der Waals surface area contributed by atoms with Crippen LogP contribution in [0.25, 0.3) is 0 Å². The zero-order valence-corrected chi connectivity index (χ0v) is 10.8. The van der Waals surface area contributed by atoms with E-state index in [2.05, 4.69) is 18.7 Å². The molecule has 0 atom stereocenters. The van der Waals surface area contributed by atoms with Gasteiger partial charge >= 0.3 is 0 Å². The van der Waals surface area contributed by atoms with Gasteiger partial charge in [-0.25, -0.2) is 0 Å². The van der Waals surface area contributed by atoms with E-state index in [1.807, 2.05) is 6.07 Å². The minimum atomic E-state index is -0.368. The van der Waals surface area contributed by atoms with Crippen LogP contribution in [0.3, 0.4) is 0 Å². The molecule has 5 nitrogen and oxygen atoms in total. The summed E-state index contributed by atoms with van der Waals surface area (Å²) in [6.45, 7) is 6.30. The topological polar surface area (TPSA) is 55.6 Å². The highest BCUT2D eigenvalue weighted by Crippen LogP contribution is 2.29. The molecule has 5 heteroatoms. The summed E-state index contributed by atoms with van der Waals surface area (Å²) >= 11 is 0. The Labute approximate surface area is 107 Å². The Hall–Kier alpha value is -1.62. The van der Waals surface area contributed by atoms with Gasteiger partial charge in [0.1, 0.15) is 6.73 Å². The summed E-state index contributed by atoms with van der Waals surface area (Å²) in [6.07, 6.45) is 1.08. The maximum absolute atomic E-state index is 10.7. The number of rotatable bonds is 4. The summed E-state index contributed by atoms with van der Waals surface area (Å²) in [7, 11) is 0. The Morgan fingerprint density at radius 1 is 1.50 bits per heavy atom. The zero-order chi connectivity index (χ0) is 13.1. The van der Waals surface area contributed by atoms with Crippen molar-refractivity contribution in [2.24, 2.45) is 5.92 Å². The molecule has 0 spiro atoms. The Morgan fingerprint density at radius 3 is 2.94 bits per heavy atom. The van der Waals surface area contributed by atoms with Gasteiger partial charge in [-0.3, -0.25) is 10.1 Å². The molecule has 1 aliphatic rings. The molecular weight excluding hydrogens is 232 g/mol. The third-order valence-electron chi connectivity index (χ3n) is 3.10. The lowest BCUT2D eigenvalue weighted by Crippen LogP contribution is -2.32. The lowest BCUT2D eigenvalue weighted by atomic mass is 10.1. The largest absolute Gasteiger partial charge is 0.356 e. The molecule has 98 valence electrons. The number of ether oxygens (including phenoxy) is 1. The van der Waals surface area contributed by atoms with Crippen molar-refractivity contribution in [1.29, 1.82) is 0 Å². The van der Waals surface area contributed by atoms with Crippen molar-refractivity contribution in [2.75, 3.05) is 18.2 Å². The number of benzene rings is 1. The fourth-order valence-corrected chi connectivity index (χ4v) is 2.04. The van der Waals surface area contributed by atoms with Crippen LogP contribution >= 0.6 is 0 Å². The number of nitro benzene ring substituents is 1. The minimum Gasteiger partial charge on any atom is -0.356 e. The van der Waals surface area contributed by atoms with Crippen molar-refractivity contribution in [2.45, 2.75) is 26.9 Å². The first-order valence-electron chi connectivity index (χ1n) is 6.18. The molecule has 2 rings (SSSR count). The number of anilines is 1. The van der Waals surface area contributed by atoms with Gasteiger partial charge in [0, 0.05) is 29.9 Å². The Kier molecular flexibility index (Phi) is 3.81. The van der Waals surface area contributed by atoms with Crippen molar-refractivity contribution in [3.8, 4) is 0 Å². The first-order chi connectivity index (χ1) is 8.58. The molecule has 0 saturated heterocycles. The lowest BCUT2D eigenvalue weighted by Gasteiger charge is -2.31. The van der Waals surface area contributed by atoms with Crippen LogP contribution in [-0.4, -0.2) is 18.2 Å². The average molecular weight is 250 g/mol. The molecule has 0 unspecified atom stereocenters. The highest BCUT2D eigenvalue weighted by molar-refractivity contribution is 5.58. The fourth-order valence-electron chi connectivity index (χ4n) is 2.04. The number of hydrogen-bond donors (Lipinski definition) is 0. The van der Waals surface area contributed by atoms with Crippen molar-refractivity contribution in [3.63, 3.8) is 0 Å². The predicted molar refractivity (Wildman–Crippen MR) is 69.6 cm³/mol. The van der Waals surface area contributed by atoms with Crippen LogP contribution in [0.5, 0.6) is 0 Å². The third-order valence-corrected chi connectivity index (χ3v) is 3.10. The van der Waals surface area contributed by atoms with Crippen molar-refractivity contribution in [3.05, 3.63) is 33.9 Å². The van der Waals surface area contributed by atoms with Gasteiger partial charge in [-0.1, -0.05) is 13.8 Å². The Bertz CT molecular complexity index is 446. The standard InChI is InChI=1S/C13H18N2O3/c1-10(2)5-6-14-9-18-8-11-7-12(15(16)17)3-4-13(11)14/h3-4,7,10H,5-6,8-9H2,1-2H3. The Morgan fingerprint density at radius 2 is 2.28 bits per heavy atom. The van der Waals surface area contributed by atoms with Gasteiger partial charge in [-0.05, 0) is 18.4 Å². The van der Waals surface area contributed by atoms with Crippen LogP contribution in [0.1, 0.15) is 25.8 Å². The minimum absolute atomic E-state index is 0.128. The molecule has 0 N–H and O–H groups in total. The molecule has 0 saturated carbocycles. The van der Waals surface area contributed by atoms with E-state index in [1.165, 1.54) is 0 Å². The monoisotopic (exact) mass is 250 g/mol. The molecule has 1 aromatic carbocycles. The Balaban J connectivity index is 2.19. The van der Waals surface area contributed by atoms with Crippen LogP contribution in [0.15, 0.2) is 18.2 Å². The number of nitro groups is 1. The van der Waals surface area contributed by atoms with Gasteiger partial charge < -0.3 is 9.64 Å². The molecule has 1 heterocycles. The normalized spacial score (nSPS) is 14.7. The first kappa shape index (κ1) is 12.8. The van der Waals surface area contributed by atoms with E-state index in [0.29, 0.717) is 19.3 Å². The van der Waals surface area contributed by atoms with Gasteiger partial charge in [0.2, 0.25) is 0 Å². The molecule has 0 aliphatic carbocycles. The summed E-state index contributed by atoms with van der Waals surface area (Å²) in [5, 5.41) is 10.7. The first-order valence-corrected chi connectivity index (χ1v) is 6.18. The van der Waals surface area contributed by atoms with Crippen molar-refractivity contribution in [1.82, 2.24) is 0 Å². The highest BCUT2D eigenvalue weighted by Gasteiger charge is 2.19. The summed E-state index contributed by atoms with van der Waals surface area (Å²) in [5.41, 5.74) is 2.09. The quantitative estimate of drug-likeness (QED) is 0.609. The van der Waals surface area contributed by atoms with Crippen LogP contribution in [0.2, 0.25) is 0 Å². The van der Waals surface area contributed by atoms with E-state index < -0.39 is 0 Å². The summed E-state index contributed by atoms with van der Waals surface area (Å²) < 4.78 is 5.48. The maximum Gasteiger partial charge on any atom is 0.269 e. The van der Waals surface area contributed by atoms with Gasteiger partial charge in [-0.15, -0.1) is 0 Å². The molecule has 18 heavy (non-hydrogen) atoms. The van der Waals surface area contributed by atoms with E-state index in [9.17, 15) is 10.1 Å². The second-order valence-electron chi connectivity index (χ2n) is 4.99. The summed E-state index contributed by atoms with van der Waals surface area (Å²) in [4.78, 5) is 12.5. The molecule has 0 fully saturated rings. The van der Waals surface area contributed by atoms with Gasteiger partial charge in [0.15, 0.2) is 0 Å². The molecule has 1 aromatic rings.